The van der Waals surface area contributed by atoms with Gasteiger partial charge in [-0.1, -0.05) is 30.3 Å². The maximum atomic E-state index is 13.6. The summed E-state index contributed by atoms with van der Waals surface area (Å²) in [5.74, 6) is 0.136. The van der Waals surface area contributed by atoms with Crippen LogP contribution in [0.4, 0.5) is 10.1 Å². The Morgan fingerprint density at radius 3 is 2.59 bits per heavy atom. The number of hydrogen-bond donors (Lipinski definition) is 1. The third kappa shape index (κ3) is 4.57. The SMILES string of the molecule is CN(Cc1cc2c3c(c1)c(=O)ccn3CC(=O)[N+]2(C)Cc1ccc(F)cc1)C[C@@H](O)c1cc2ccccc2o1. The molecule has 39 heavy (non-hydrogen) atoms. The molecule has 0 saturated carbocycles. The Morgan fingerprint density at radius 1 is 1.05 bits per heavy atom. The van der Waals surface area contributed by atoms with Gasteiger partial charge in [0.25, 0.3) is 0 Å². The van der Waals surface area contributed by atoms with Crippen molar-refractivity contribution in [1.29, 1.82) is 0 Å². The van der Waals surface area contributed by atoms with Crippen molar-refractivity contribution in [3.8, 4) is 0 Å². The largest absolute Gasteiger partial charge is 0.458 e. The molecule has 3 heterocycles. The van der Waals surface area contributed by atoms with Gasteiger partial charge < -0.3 is 14.1 Å². The number of pyridine rings is 1. The van der Waals surface area contributed by atoms with E-state index in [-0.39, 0.29) is 28.2 Å². The highest BCUT2D eigenvalue weighted by atomic mass is 19.1. The molecule has 0 saturated heterocycles. The number of para-hydroxylation sites is 1. The number of halogens is 1. The summed E-state index contributed by atoms with van der Waals surface area (Å²) in [5.41, 5.74) is 3.75. The number of carbonyl (C=O) groups excluding carboxylic acids is 1. The normalized spacial score (nSPS) is 17.8. The van der Waals surface area contributed by atoms with E-state index in [2.05, 4.69) is 0 Å². The first kappa shape index (κ1) is 25.2. The number of rotatable bonds is 7. The molecule has 2 aromatic heterocycles. The molecular weight excluding hydrogens is 497 g/mol. The average molecular weight is 527 g/mol. The number of carbonyl (C=O) groups is 1. The second kappa shape index (κ2) is 9.57. The van der Waals surface area contributed by atoms with E-state index in [9.17, 15) is 19.1 Å². The van der Waals surface area contributed by atoms with Crippen molar-refractivity contribution >= 4 is 33.5 Å². The highest BCUT2D eigenvalue weighted by Crippen LogP contribution is 2.37. The molecule has 0 aliphatic carbocycles. The number of aliphatic hydroxyl groups is 1. The molecule has 2 atom stereocenters. The molecule has 198 valence electrons. The van der Waals surface area contributed by atoms with Crippen LogP contribution in [0.25, 0.3) is 21.9 Å². The van der Waals surface area contributed by atoms with Crippen LogP contribution in [0.15, 0.2) is 88.2 Å². The van der Waals surface area contributed by atoms with E-state index in [0.29, 0.717) is 30.8 Å². The Hall–Kier alpha value is -4.11. The number of benzene rings is 3. The summed E-state index contributed by atoms with van der Waals surface area (Å²) < 4.78 is 21.2. The summed E-state index contributed by atoms with van der Waals surface area (Å²) in [6.45, 7) is 1.23. The Bertz CT molecular complexity index is 1740. The van der Waals surface area contributed by atoms with E-state index < -0.39 is 6.10 Å². The van der Waals surface area contributed by atoms with Crippen LogP contribution in [0.1, 0.15) is 23.0 Å². The highest BCUT2D eigenvalue weighted by Gasteiger charge is 2.41. The summed E-state index contributed by atoms with van der Waals surface area (Å²) >= 11 is 0. The maximum Gasteiger partial charge on any atom is 0.338 e. The van der Waals surface area contributed by atoms with Gasteiger partial charge in [-0.05, 0) is 42.9 Å². The molecule has 7 nitrogen and oxygen atoms in total. The Morgan fingerprint density at radius 2 is 1.82 bits per heavy atom. The molecule has 8 heteroatoms. The second-order valence-corrected chi connectivity index (χ2v) is 10.6. The van der Waals surface area contributed by atoms with Crippen LogP contribution in [-0.2, 0) is 24.4 Å². The van der Waals surface area contributed by atoms with E-state index >= 15 is 0 Å². The molecule has 0 radical (unpaired) electrons. The van der Waals surface area contributed by atoms with Crippen molar-refractivity contribution in [3.05, 3.63) is 112 Å². The zero-order valence-electron chi connectivity index (χ0n) is 21.8. The van der Waals surface area contributed by atoms with Crippen LogP contribution < -0.4 is 9.91 Å². The number of nitrogens with zero attached hydrogens (tertiary/aromatic N) is 3. The molecule has 3 aromatic carbocycles. The Balaban J connectivity index is 1.34. The van der Waals surface area contributed by atoms with E-state index in [1.54, 1.807) is 18.3 Å². The van der Waals surface area contributed by atoms with Gasteiger partial charge in [0.2, 0.25) is 0 Å². The minimum Gasteiger partial charge on any atom is -0.458 e. The predicted octanol–water partition coefficient (Wildman–Crippen LogP) is 4.73. The molecule has 1 amide bonds. The van der Waals surface area contributed by atoms with Gasteiger partial charge in [-0.25, -0.2) is 13.7 Å². The number of quaternary nitrogens is 1. The fourth-order valence-corrected chi connectivity index (χ4v) is 5.58. The topological polar surface area (TPSA) is 75.7 Å². The number of likely N-dealkylation sites (N-methyl/N-ethyl adjacent to an activating group) is 2. The van der Waals surface area contributed by atoms with Crippen LogP contribution in [0.3, 0.4) is 0 Å². The van der Waals surface area contributed by atoms with Crippen LogP contribution >= 0.6 is 0 Å². The highest BCUT2D eigenvalue weighted by molar-refractivity contribution is 6.02. The second-order valence-electron chi connectivity index (χ2n) is 10.6. The van der Waals surface area contributed by atoms with Crippen LogP contribution in [0.2, 0.25) is 0 Å². The smallest absolute Gasteiger partial charge is 0.338 e. The van der Waals surface area contributed by atoms with E-state index in [4.69, 9.17) is 4.42 Å². The van der Waals surface area contributed by atoms with Crippen molar-refractivity contribution in [2.45, 2.75) is 25.7 Å². The van der Waals surface area contributed by atoms with Crippen molar-refractivity contribution in [1.82, 2.24) is 14.0 Å². The number of amides is 1. The number of aliphatic hydroxyl groups excluding tert-OH is 1. The predicted molar refractivity (Wildman–Crippen MR) is 149 cm³/mol. The summed E-state index contributed by atoms with van der Waals surface area (Å²) in [6, 6.07) is 21.0. The first-order chi connectivity index (χ1) is 18.7. The van der Waals surface area contributed by atoms with Crippen LogP contribution in [0.5, 0.6) is 0 Å². The zero-order chi connectivity index (χ0) is 27.3. The first-order valence-electron chi connectivity index (χ1n) is 12.9. The summed E-state index contributed by atoms with van der Waals surface area (Å²) in [5, 5.41) is 12.4. The van der Waals surface area contributed by atoms with Gasteiger partial charge >= 0.3 is 5.91 Å². The average Bonchev–Trinajstić information content (AvgIpc) is 3.35. The Labute approximate surface area is 224 Å². The Kier molecular flexibility index (Phi) is 6.18. The van der Waals surface area contributed by atoms with Gasteiger partial charge in [0, 0.05) is 42.4 Å². The lowest BCUT2D eigenvalue weighted by atomic mass is 10.0. The van der Waals surface area contributed by atoms with E-state index in [1.165, 1.54) is 18.2 Å². The van der Waals surface area contributed by atoms with Gasteiger partial charge in [-0.3, -0.25) is 9.69 Å². The molecule has 6 rings (SSSR count). The number of aromatic nitrogens is 1. The summed E-state index contributed by atoms with van der Waals surface area (Å²) in [6.07, 6.45) is 0.836. The molecule has 5 aromatic rings. The summed E-state index contributed by atoms with van der Waals surface area (Å²) in [4.78, 5) is 28.5. The monoisotopic (exact) mass is 526 g/mol. The fraction of sp³-hybridized carbons (Fsp3) is 0.226. The first-order valence-corrected chi connectivity index (χ1v) is 12.9. The molecule has 0 fully saturated rings. The minimum absolute atomic E-state index is 0.0254. The molecule has 1 aliphatic heterocycles. The number of furan rings is 1. The molecule has 1 N–H and O–H groups in total. The van der Waals surface area contributed by atoms with Crippen LogP contribution in [0, 0.1) is 5.82 Å². The van der Waals surface area contributed by atoms with Gasteiger partial charge in [0.15, 0.2) is 11.1 Å². The molecule has 0 bridgehead atoms. The lowest BCUT2D eigenvalue weighted by Crippen LogP contribution is -2.54. The fourth-order valence-electron chi connectivity index (χ4n) is 5.58. The van der Waals surface area contributed by atoms with E-state index in [1.807, 2.05) is 66.0 Å². The van der Waals surface area contributed by atoms with Crippen molar-refractivity contribution < 1.29 is 18.7 Å². The van der Waals surface area contributed by atoms with Gasteiger partial charge in [0.05, 0.1) is 12.4 Å². The lowest BCUT2D eigenvalue weighted by molar-refractivity contribution is -0.130. The van der Waals surface area contributed by atoms with Gasteiger partial charge in [-0.2, -0.15) is 0 Å². The quantitative estimate of drug-likeness (QED) is 0.311. The van der Waals surface area contributed by atoms with Crippen molar-refractivity contribution in [2.24, 2.45) is 0 Å². The maximum absolute atomic E-state index is 13.6. The molecule has 0 spiro atoms. The molecule has 1 aliphatic rings. The van der Waals surface area contributed by atoms with Crippen molar-refractivity contribution in [2.75, 3.05) is 20.6 Å². The zero-order valence-corrected chi connectivity index (χ0v) is 21.8. The van der Waals surface area contributed by atoms with Crippen molar-refractivity contribution in [3.63, 3.8) is 0 Å². The van der Waals surface area contributed by atoms with Crippen LogP contribution in [-0.4, -0.2) is 41.1 Å². The third-order valence-electron chi connectivity index (χ3n) is 7.62. The van der Waals surface area contributed by atoms with Gasteiger partial charge in [0.1, 0.15) is 41.9 Å². The van der Waals surface area contributed by atoms with Gasteiger partial charge in [-0.15, -0.1) is 0 Å². The third-order valence-corrected chi connectivity index (χ3v) is 7.62. The number of hydrogen-bond acceptors (Lipinski definition) is 5. The minimum atomic E-state index is -0.834. The number of fused-ring (bicyclic) bond motifs is 1. The molecule has 1 unspecified atom stereocenters. The lowest BCUT2D eigenvalue weighted by Gasteiger charge is -2.36. The molecular formula is C31H29FN3O4+. The standard InChI is InChI=1S/C31H29FN3O4/c1-33(17-27(37)29-15-22-5-3-4-6-28(22)39-29)16-21-13-24-26(36)11-12-34-18-30(38)35(2,25(14-21)31(24)34)19-20-7-9-23(32)10-8-20/h3-15,27,37H,16-19H2,1-2H3/q+1/t27-,35?/m1/s1. The van der Waals surface area contributed by atoms with E-state index in [0.717, 1.165) is 33.3 Å². The summed E-state index contributed by atoms with van der Waals surface area (Å²) in [7, 11) is 3.74.